The van der Waals surface area contributed by atoms with Gasteiger partial charge in [0.1, 0.15) is 6.10 Å². The van der Waals surface area contributed by atoms with Crippen molar-refractivity contribution in [3.8, 4) is 6.07 Å². The highest BCUT2D eigenvalue weighted by atomic mass is 16.7. The van der Waals surface area contributed by atoms with Crippen LogP contribution in [-0.4, -0.2) is 17.7 Å². The standard InChI is InChI=1S/C8H12N2O/c1-4-10-6(2)8(5-9)7(3)11-10/h7H,4H2,1-3H3. The molecule has 0 radical (unpaired) electrons. The monoisotopic (exact) mass is 152 g/mol. The fourth-order valence-electron chi connectivity index (χ4n) is 1.23. The zero-order chi connectivity index (χ0) is 8.43. The van der Waals surface area contributed by atoms with E-state index in [9.17, 15) is 0 Å². The quantitative estimate of drug-likeness (QED) is 0.570. The molecule has 3 heteroatoms. The lowest BCUT2D eigenvalue weighted by Gasteiger charge is -2.16. The second-order valence-electron chi connectivity index (χ2n) is 2.55. The van der Waals surface area contributed by atoms with Gasteiger partial charge in [-0.15, -0.1) is 0 Å². The molecule has 0 N–H and O–H groups in total. The summed E-state index contributed by atoms with van der Waals surface area (Å²) in [6.07, 6.45) is -0.0695. The van der Waals surface area contributed by atoms with Crippen molar-refractivity contribution >= 4 is 0 Å². The largest absolute Gasteiger partial charge is 0.265 e. The molecule has 0 saturated heterocycles. The summed E-state index contributed by atoms with van der Waals surface area (Å²) in [7, 11) is 0. The van der Waals surface area contributed by atoms with Gasteiger partial charge < -0.3 is 0 Å². The number of hydrogen-bond donors (Lipinski definition) is 0. The molecular weight excluding hydrogens is 140 g/mol. The number of nitrogens with zero attached hydrogens (tertiary/aromatic N) is 2. The lowest BCUT2D eigenvalue weighted by Crippen LogP contribution is -2.18. The van der Waals surface area contributed by atoms with Crippen LogP contribution in [-0.2, 0) is 4.84 Å². The molecule has 1 aliphatic rings. The molecule has 0 aromatic carbocycles. The molecule has 11 heavy (non-hydrogen) atoms. The highest BCUT2D eigenvalue weighted by Crippen LogP contribution is 2.24. The number of rotatable bonds is 1. The summed E-state index contributed by atoms with van der Waals surface area (Å²) in [6.45, 7) is 6.58. The first-order valence-corrected chi connectivity index (χ1v) is 3.75. The molecule has 0 bridgehead atoms. The molecule has 3 nitrogen and oxygen atoms in total. The Bertz CT molecular complexity index is 227. The van der Waals surface area contributed by atoms with Gasteiger partial charge in [-0.05, 0) is 20.8 Å². The van der Waals surface area contributed by atoms with Crippen LogP contribution >= 0.6 is 0 Å². The van der Waals surface area contributed by atoms with Gasteiger partial charge in [-0.1, -0.05) is 0 Å². The predicted molar refractivity (Wildman–Crippen MR) is 41.2 cm³/mol. The molecule has 0 aromatic heterocycles. The van der Waals surface area contributed by atoms with Gasteiger partial charge in [-0.25, -0.2) is 0 Å². The van der Waals surface area contributed by atoms with Crippen molar-refractivity contribution in [1.82, 2.24) is 5.06 Å². The van der Waals surface area contributed by atoms with Crippen molar-refractivity contribution in [1.29, 1.82) is 5.26 Å². The Hall–Kier alpha value is -1.01. The maximum atomic E-state index is 8.71. The normalized spacial score (nSPS) is 24.2. The van der Waals surface area contributed by atoms with Crippen LogP contribution in [0.5, 0.6) is 0 Å². The Balaban J connectivity index is 2.87. The summed E-state index contributed by atoms with van der Waals surface area (Å²) in [4.78, 5) is 5.36. The first-order chi connectivity index (χ1) is 5.20. The average Bonchev–Trinajstić information content (AvgIpc) is 2.26. The minimum Gasteiger partial charge on any atom is -0.265 e. The van der Waals surface area contributed by atoms with Crippen LogP contribution < -0.4 is 0 Å². The molecule has 0 saturated carbocycles. The van der Waals surface area contributed by atoms with E-state index >= 15 is 0 Å². The second kappa shape index (κ2) is 2.93. The Morgan fingerprint density at radius 3 is 2.64 bits per heavy atom. The van der Waals surface area contributed by atoms with Gasteiger partial charge in [-0.3, -0.25) is 9.90 Å². The van der Waals surface area contributed by atoms with E-state index in [2.05, 4.69) is 6.07 Å². The van der Waals surface area contributed by atoms with Gasteiger partial charge in [-0.2, -0.15) is 5.26 Å². The fourth-order valence-corrected chi connectivity index (χ4v) is 1.23. The third-order valence-corrected chi connectivity index (χ3v) is 1.86. The van der Waals surface area contributed by atoms with Gasteiger partial charge in [0.25, 0.3) is 0 Å². The molecule has 0 fully saturated rings. The van der Waals surface area contributed by atoms with Crippen LogP contribution in [0, 0.1) is 11.3 Å². The molecule has 0 amide bonds. The number of allylic oxidation sites excluding steroid dienone is 1. The summed E-state index contributed by atoms with van der Waals surface area (Å²) >= 11 is 0. The number of nitriles is 1. The topological polar surface area (TPSA) is 36.3 Å². The number of hydrogen-bond acceptors (Lipinski definition) is 3. The SMILES string of the molecule is CCN1OC(C)C(C#N)=C1C. The highest BCUT2D eigenvalue weighted by molar-refractivity contribution is 5.31. The minimum atomic E-state index is -0.0695. The van der Waals surface area contributed by atoms with Crippen LogP contribution in [0.2, 0.25) is 0 Å². The summed E-state index contributed by atoms with van der Waals surface area (Å²) in [5.41, 5.74) is 1.69. The second-order valence-corrected chi connectivity index (χ2v) is 2.55. The van der Waals surface area contributed by atoms with Crippen molar-refractivity contribution in [3.63, 3.8) is 0 Å². The van der Waals surface area contributed by atoms with Crippen molar-refractivity contribution in [2.75, 3.05) is 6.54 Å². The first kappa shape index (κ1) is 8.09. The molecule has 1 aliphatic heterocycles. The number of hydroxylamine groups is 2. The smallest absolute Gasteiger partial charge is 0.119 e. The maximum Gasteiger partial charge on any atom is 0.119 e. The summed E-state index contributed by atoms with van der Waals surface area (Å²) in [5, 5.41) is 10.5. The van der Waals surface area contributed by atoms with Crippen LogP contribution in [0.1, 0.15) is 20.8 Å². The van der Waals surface area contributed by atoms with Crippen LogP contribution in [0.25, 0.3) is 0 Å². The van der Waals surface area contributed by atoms with Gasteiger partial charge in [0, 0.05) is 6.54 Å². The van der Waals surface area contributed by atoms with Gasteiger partial charge in [0.15, 0.2) is 0 Å². The fraction of sp³-hybridized carbons (Fsp3) is 0.625. The molecule has 0 aliphatic carbocycles. The highest BCUT2D eigenvalue weighted by Gasteiger charge is 2.25. The van der Waals surface area contributed by atoms with E-state index in [4.69, 9.17) is 10.1 Å². The molecule has 60 valence electrons. The lowest BCUT2D eigenvalue weighted by molar-refractivity contribution is -0.129. The predicted octanol–water partition coefficient (Wildman–Crippen LogP) is 1.44. The van der Waals surface area contributed by atoms with E-state index in [0.717, 1.165) is 17.8 Å². The van der Waals surface area contributed by atoms with E-state index < -0.39 is 0 Å². The van der Waals surface area contributed by atoms with Crippen LogP contribution in [0.3, 0.4) is 0 Å². The molecular formula is C8H12N2O. The van der Waals surface area contributed by atoms with E-state index in [-0.39, 0.29) is 6.10 Å². The van der Waals surface area contributed by atoms with Gasteiger partial charge in [0.2, 0.25) is 0 Å². The third kappa shape index (κ3) is 1.22. The Kier molecular flexibility index (Phi) is 2.16. The summed E-state index contributed by atoms with van der Waals surface area (Å²) in [5.74, 6) is 0. The minimum absolute atomic E-state index is 0.0695. The van der Waals surface area contributed by atoms with Crippen molar-refractivity contribution in [3.05, 3.63) is 11.3 Å². The third-order valence-electron chi connectivity index (χ3n) is 1.86. The van der Waals surface area contributed by atoms with E-state index in [1.54, 1.807) is 5.06 Å². The molecule has 0 spiro atoms. The zero-order valence-corrected chi connectivity index (χ0v) is 7.09. The molecule has 1 heterocycles. The molecule has 0 aromatic rings. The summed E-state index contributed by atoms with van der Waals surface area (Å²) < 4.78 is 0. The van der Waals surface area contributed by atoms with Crippen molar-refractivity contribution < 1.29 is 4.84 Å². The van der Waals surface area contributed by atoms with Crippen LogP contribution in [0.4, 0.5) is 0 Å². The van der Waals surface area contributed by atoms with Crippen molar-refractivity contribution in [2.45, 2.75) is 26.9 Å². The first-order valence-electron chi connectivity index (χ1n) is 3.75. The van der Waals surface area contributed by atoms with Crippen molar-refractivity contribution in [2.24, 2.45) is 0 Å². The molecule has 1 atom stereocenters. The van der Waals surface area contributed by atoms with Gasteiger partial charge in [0.05, 0.1) is 17.3 Å². The lowest BCUT2D eigenvalue weighted by atomic mass is 10.1. The van der Waals surface area contributed by atoms with E-state index in [1.807, 2.05) is 20.8 Å². The Labute approximate surface area is 66.8 Å². The zero-order valence-electron chi connectivity index (χ0n) is 7.09. The molecule has 1 unspecified atom stereocenters. The average molecular weight is 152 g/mol. The Morgan fingerprint density at radius 1 is 1.73 bits per heavy atom. The Morgan fingerprint density at radius 2 is 2.36 bits per heavy atom. The molecule has 1 rings (SSSR count). The summed E-state index contributed by atoms with van der Waals surface area (Å²) in [6, 6.07) is 2.14. The van der Waals surface area contributed by atoms with Crippen LogP contribution in [0.15, 0.2) is 11.3 Å². The van der Waals surface area contributed by atoms with E-state index in [1.165, 1.54) is 0 Å². The maximum absolute atomic E-state index is 8.71. The van der Waals surface area contributed by atoms with E-state index in [0.29, 0.717) is 0 Å². The van der Waals surface area contributed by atoms with Gasteiger partial charge >= 0.3 is 0 Å².